The molecule has 9 heteroatoms. The number of hydrogen-bond donors (Lipinski definition) is 1. The second kappa shape index (κ2) is 8.13. The lowest BCUT2D eigenvalue weighted by atomic mass is 10.2. The normalized spacial score (nSPS) is 18.5. The van der Waals surface area contributed by atoms with E-state index < -0.39 is 5.25 Å². The first kappa shape index (κ1) is 19.3. The van der Waals surface area contributed by atoms with Crippen molar-refractivity contribution in [1.82, 2.24) is 25.0 Å². The third-order valence-corrected chi connectivity index (χ3v) is 6.60. The van der Waals surface area contributed by atoms with Crippen LogP contribution >= 0.6 is 23.4 Å². The fourth-order valence-electron chi connectivity index (χ4n) is 3.79. The van der Waals surface area contributed by atoms with Crippen LogP contribution in [-0.4, -0.2) is 49.9 Å². The van der Waals surface area contributed by atoms with Gasteiger partial charge in [0.1, 0.15) is 0 Å². The number of nitrogens with zero attached hydrogens (tertiary/aromatic N) is 4. The number of thioether (sulfide) groups is 1. The summed E-state index contributed by atoms with van der Waals surface area (Å²) in [6, 6.07) is 7.57. The van der Waals surface area contributed by atoms with Gasteiger partial charge in [0.05, 0.1) is 10.3 Å². The average molecular weight is 420 g/mol. The Hall–Kier alpha value is -2.06. The van der Waals surface area contributed by atoms with Gasteiger partial charge in [-0.15, -0.1) is 10.2 Å². The maximum atomic E-state index is 12.7. The zero-order chi connectivity index (χ0) is 19.7. The van der Waals surface area contributed by atoms with E-state index in [0.717, 1.165) is 37.1 Å². The lowest BCUT2D eigenvalue weighted by Gasteiger charge is -2.20. The fraction of sp³-hybridized carbons (Fsp3) is 0.474. The highest BCUT2D eigenvalue weighted by atomic mass is 35.5. The molecule has 1 aliphatic carbocycles. The molecule has 0 spiro atoms. The van der Waals surface area contributed by atoms with Gasteiger partial charge in [-0.2, -0.15) is 0 Å². The summed E-state index contributed by atoms with van der Waals surface area (Å²) < 4.78 is 2.13. The molecule has 0 bridgehead atoms. The van der Waals surface area contributed by atoms with Crippen molar-refractivity contribution in [2.24, 2.45) is 0 Å². The molecule has 28 heavy (non-hydrogen) atoms. The molecule has 1 aliphatic heterocycles. The number of rotatable bonds is 5. The second-order valence-electron chi connectivity index (χ2n) is 7.08. The molecule has 148 valence electrons. The minimum atomic E-state index is -0.438. The van der Waals surface area contributed by atoms with Crippen molar-refractivity contribution in [1.29, 1.82) is 0 Å². The van der Waals surface area contributed by atoms with Crippen LogP contribution in [0, 0.1) is 0 Å². The quantitative estimate of drug-likeness (QED) is 0.746. The molecule has 2 fully saturated rings. The Bertz CT molecular complexity index is 896. The molecule has 2 aromatic rings. The van der Waals surface area contributed by atoms with Crippen molar-refractivity contribution in [2.75, 3.05) is 13.1 Å². The molecule has 1 aromatic carbocycles. The number of nitrogens with one attached hydrogen (secondary N) is 1. The van der Waals surface area contributed by atoms with Crippen molar-refractivity contribution in [3.8, 4) is 11.4 Å². The molecule has 1 aromatic heterocycles. The molecular weight excluding hydrogens is 398 g/mol. The molecule has 0 radical (unpaired) electrons. The van der Waals surface area contributed by atoms with Crippen LogP contribution < -0.4 is 5.32 Å². The molecule has 1 saturated heterocycles. The SMILES string of the molecule is C[C@@H](Sc1nnc(-c2ccccc2Cl)n1C1CCCC1)C(=O)N1CCNC1=O. The van der Waals surface area contributed by atoms with Crippen molar-refractivity contribution in [2.45, 2.75) is 49.1 Å². The Balaban J connectivity index is 1.64. The number of benzene rings is 1. The summed E-state index contributed by atoms with van der Waals surface area (Å²) in [5.41, 5.74) is 0.841. The third kappa shape index (κ3) is 3.63. The zero-order valence-corrected chi connectivity index (χ0v) is 17.2. The molecule has 7 nitrogen and oxygen atoms in total. The van der Waals surface area contributed by atoms with Crippen LogP contribution in [0.15, 0.2) is 29.4 Å². The smallest absolute Gasteiger partial charge is 0.324 e. The molecule has 1 N–H and O–H groups in total. The van der Waals surface area contributed by atoms with Gasteiger partial charge in [0, 0.05) is 24.7 Å². The molecule has 1 saturated carbocycles. The van der Waals surface area contributed by atoms with Crippen LogP contribution in [0.3, 0.4) is 0 Å². The Morgan fingerprint density at radius 2 is 2.04 bits per heavy atom. The zero-order valence-electron chi connectivity index (χ0n) is 15.6. The highest BCUT2D eigenvalue weighted by Gasteiger charge is 2.32. The number of halogens is 1. The summed E-state index contributed by atoms with van der Waals surface area (Å²) in [5, 5.41) is 12.4. The van der Waals surface area contributed by atoms with Crippen LogP contribution in [0.5, 0.6) is 0 Å². The van der Waals surface area contributed by atoms with Gasteiger partial charge in [-0.3, -0.25) is 14.3 Å². The summed E-state index contributed by atoms with van der Waals surface area (Å²) in [4.78, 5) is 25.8. The Labute approximate surface area is 172 Å². The van der Waals surface area contributed by atoms with E-state index in [1.165, 1.54) is 16.7 Å². The Morgan fingerprint density at radius 1 is 1.29 bits per heavy atom. The lowest BCUT2D eigenvalue weighted by Crippen LogP contribution is -2.39. The predicted octanol–water partition coefficient (Wildman–Crippen LogP) is 3.75. The van der Waals surface area contributed by atoms with Gasteiger partial charge in [0.15, 0.2) is 11.0 Å². The van der Waals surface area contributed by atoms with Crippen LogP contribution in [0.4, 0.5) is 4.79 Å². The van der Waals surface area contributed by atoms with E-state index in [-0.39, 0.29) is 11.9 Å². The van der Waals surface area contributed by atoms with Crippen molar-refractivity contribution < 1.29 is 9.59 Å². The van der Waals surface area contributed by atoms with Gasteiger partial charge in [-0.25, -0.2) is 4.79 Å². The number of carbonyl (C=O) groups is 2. The molecule has 0 unspecified atom stereocenters. The number of carbonyl (C=O) groups excluding carboxylic acids is 2. The summed E-state index contributed by atoms with van der Waals surface area (Å²) in [6.45, 7) is 2.71. The molecular formula is C19H22ClN5O2S. The predicted molar refractivity (Wildman–Crippen MR) is 108 cm³/mol. The van der Waals surface area contributed by atoms with Crippen LogP contribution in [0.25, 0.3) is 11.4 Å². The van der Waals surface area contributed by atoms with E-state index in [2.05, 4.69) is 20.1 Å². The van der Waals surface area contributed by atoms with Gasteiger partial charge >= 0.3 is 6.03 Å². The molecule has 2 heterocycles. The third-order valence-electron chi connectivity index (χ3n) is 5.22. The van der Waals surface area contributed by atoms with E-state index in [1.807, 2.05) is 24.3 Å². The summed E-state index contributed by atoms with van der Waals surface area (Å²) in [6.07, 6.45) is 4.44. The largest absolute Gasteiger partial charge is 0.336 e. The van der Waals surface area contributed by atoms with Crippen LogP contribution in [-0.2, 0) is 4.79 Å². The number of hydrogen-bond acceptors (Lipinski definition) is 5. The van der Waals surface area contributed by atoms with Crippen molar-refractivity contribution in [3.63, 3.8) is 0 Å². The molecule has 2 aliphatic rings. The lowest BCUT2D eigenvalue weighted by molar-refractivity contribution is -0.126. The van der Waals surface area contributed by atoms with E-state index in [1.54, 1.807) is 6.92 Å². The van der Waals surface area contributed by atoms with Gasteiger partial charge in [-0.05, 0) is 31.9 Å². The summed E-state index contributed by atoms with van der Waals surface area (Å²) in [7, 11) is 0. The fourth-order valence-corrected chi connectivity index (χ4v) is 4.99. The van der Waals surface area contributed by atoms with Gasteiger partial charge in [-0.1, -0.05) is 48.3 Å². The average Bonchev–Trinajstić information content (AvgIpc) is 3.42. The highest BCUT2D eigenvalue weighted by Crippen LogP contribution is 2.39. The molecule has 3 amide bonds. The summed E-state index contributed by atoms with van der Waals surface area (Å²) >= 11 is 7.76. The Morgan fingerprint density at radius 3 is 2.71 bits per heavy atom. The molecule has 4 rings (SSSR count). The van der Waals surface area contributed by atoms with E-state index in [4.69, 9.17) is 11.6 Å². The summed E-state index contributed by atoms with van der Waals surface area (Å²) in [5.74, 6) is 0.527. The maximum Gasteiger partial charge on any atom is 0.324 e. The van der Waals surface area contributed by atoms with E-state index in [9.17, 15) is 9.59 Å². The van der Waals surface area contributed by atoms with Gasteiger partial charge < -0.3 is 5.32 Å². The maximum absolute atomic E-state index is 12.7. The second-order valence-corrected chi connectivity index (χ2v) is 8.79. The highest BCUT2D eigenvalue weighted by molar-refractivity contribution is 8.00. The standard InChI is InChI=1S/C19H22ClN5O2S/c1-12(17(26)24-11-10-21-18(24)27)28-19-23-22-16(14-8-4-5-9-15(14)20)25(19)13-6-2-3-7-13/h4-5,8-9,12-13H,2-3,6-7,10-11H2,1H3,(H,21,27)/t12-/m1/s1. The molecule has 1 atom stereocenters. The van der Waals surface area contributed by atoms with Crippen LogP contribution in [0.1, 0.15) is 38.6 Å². The topological polar surface area (TPSA) is 80.1 Å². The minimum Gasteiger partial charge on any atom is -0.336 e. The minimum absolute atomic E-state index is 0.208. The van der Waals surface area contributed by atoms with Crippen LogP contribution in [0.2, 0.25) is 5.02 Å². The number of amides is 3. The monoisotopic (exact) mass is 419 g/mol. The van der Waals surface area contributed by atoms with Crippen molar-refractivity contribution in [3.05, 3.63) is 29.3 Å². The Kier molecular flexibility index (Phi) is 5.59. The first-order valence-corrected chi connectivity index (χ1v) is 10.8. The van der Waals surface area contributed by atoms with Gasteiger partial charge in [0.2, 0.25) is 5.91 Å². The van der Waals surface area contributed by atoms with E-state index in [0.29, 0.717) is 29.3 Å². The number of urea groups is 1. The number of aromatic nitrogens is 3. The van der Waals surface area contributed by atoms with Crippen molar-refractivity contribution >= 4 is 35.3 Å². The number of imide groups is 1. The van der Waals surface area contributed by atoms with Gasteiger partial charge in [0.25, 0.3) is 0 Å². The van der Waals surface area contributed by atoms with E-state index >= 15 is 0 Å². The first-order chi connectivity index (χ1) is 13.6. The first-order valence-electron chi connectivity index (χ1n) is 9.52.